The zero-order valence-corrected chi connectivity index (χ0v) is 12.3. The molecule has 0 bridgehead atoms. The molecule has 0 fully saturated rings. The highest BCUT2D eigenvalue weighted by Gasteiger charge is 2.07. The van der Waals surface area contributed by atoms with Gasteiger partial charge in [0.2, 0.25) is 0 Å². The van der Waals surface area contributed by atoms with Crippen LogP contribution in [0.5, 0.6) is 5.75 Å². The van der Waals surface area contributed by atoms with E-state index in [0.717, 1.165) is 35.7 Å². The van der Waals surface area contributed by atoms with Crippen LogP contribution in [0, 0.1) is 6.92 Å². The lowest BCUT2D eigenvalue weighted by atomic mass is 10.1. The fourth-order valence-electron chi connectivity index (χ4n) is 2.06. The SMILES string of the molecule is CCCn1ncnc1COc1ccc([C@@H](C)N)cc1C. The summed E-state index contributed by atoms with van der Waals surface area (Å²) in [6.45, 7) is 7.41. The van der Waals surface area contributed by atoms with E-state index in [1.807, 2.05) is 30.7 Å². The first-order valence-electron chi connectivity index (χ1n) is 6.97. The molecule has 20 heavy (non-hydrogen) atoms. The van der Waals surface area contributed by atoms with Gasteiger partial charge in [-0.3, -0.25) is 0 Å². The third-order valence-corrected chi connectivity index (χ3v) is 3.21. The van der Waals surface area contributed by atoms with Crippen LogP contribution in [0.25, 0.3) is 0 Å². The molecule has 1 aromatic heterocycles. The highest BCUT2D eigenvalue weighted by atomic mass is 16.5. The number of nitrogens with two attached hydrogens (primary N) is 1. The Hall–Kier alpha value is -1.88. The van der Waals surface area contributed by atoms with E-state index in [0.29, 0.717) is 6.61 Å². The average molecular weight is 274 g/mol. The van der Waals surface area contributed by atoms with Crippen LogP contribution in [-0.2, 0) is 13.2 Å². The van der Waals surface area contributed by atoms with Gasteiger partial charge in [-0.05, 0) is 37.5 Å². The van der Waals surface area contributed by atoms with Gasteiger partial charge in [-0.15, -0.1) is 0 Å². The number of hydrogen-bond acceptors (Lipinski definition) is 4. The molecule has 0 aliphatic carbocycles. The van der Waals surface area contributed by atoms with Crippen LogP contribution < -0.4 is 10.5 Å². The zero-order valence-electron chi connectivity index (χ0n) is 12.3. The summed E-state index contributed by atoms with van der Waals surface area (Å²) in [5.41, 5.74) is 8.07. The Labute approximate surface area is 119 Å². The maximum absolute atomic E-state index is 5.87. The van der Waals surface area contributed by atoms with Gasteiger partial charge in [-0.25, -0.2) is 9.67 Å². The van der Waals surface area contributed by atoms with E-state index in [2.05, 4.69) is 23.1 Å². The van der Waals surface area contributed by atoms with Gasteiger partial charge in [0.1, 0.15) is 18.7 Å². The predicted octanol–water partition coefficient (Wildman–Crippen LogP) is 2.60. The predicted molar refractivity (Wildman–Crippen MR) is 78.4 cm³/mol. The third-order valence-electron chi connectivity index (χ3n) is 3.21. The van der Waals surface area contributed by atoms with Crippen LogP contribution in [0.1, 0.15) is 43.3 Å². The van der Waals surface area contributed by atoms with Crippen LogP contribution >= 0.6 is 0 Å². The van der Waals surface area contributed by atoms with Gasteiger partial charge in [-0.1, -0.05) is 19.1 Å². The molecular formula is C15H22N4O. The van der Waals surface area contributed by atoms with E-state index >= 15 is 0 Å². The maximum atomic E-state index is 5.87. The molecule has 0 radical (unpaired) electrons. The molecule has 5 heteroatoms. The van der Waals surface area contributed by atoms with Gasteiger partial charge < -0.3 is 10.5 Å². The molecule has 0 aliphatic heterocycles. The number of ether oxygens (including phenoxy) is 1. The lowest BCUT2D eigenvalue weighted by Gasteiger charge is -2.12. The van der Waals surface area contributed by atoms with Crippen molar-refractivity contribution in [2.45, 2.75) is 46.4 Å². The molecule has 5 nitrogen and oxygen atoms in total. The van der Waals surface area contributed by atoms with Crippen molar-refractivity contribution in [3.8, 4) is 5.75 Å². The van der Waals surface area contributed by atoms with Crippen molar-refractivity contribution in [3.63, 3.8) is 0 Å². The van der Waals surface area contributed by atoms with E-state index in [4.69, 9.17) is 10.5 Å². The minimum atomic E-state index is 0.0374. The van der Waals surface area contributed by atoms with Gasteiger partial charge in [0, 0.05) is 12.6 Å². The number of rotatable bonds is 6. The summed E-state index contributed by atoms with van der Waals surface area (Å²) in [5.74, 6) is 1.71. The quantitative estimate of drug-likeness (QED) is 0.879. The fraction of sp³-hybridized carbons (Fsp3) is 0.467. The van der Waals surface area contributed by atoms with E-state index < -0.39 is 0 Å². The highest BCUT2D eigenvalue weighted by Crippen LogP contribution is 2.22. The summed E-state index contributed by atoms with van der Waals surface area (Å²) < 4.78 is 7.72. The van der Waals surface area contributed by atoms with Crippen molar-refractivity contribution in [1.29, 1.82) is 0 Å². The molecule has 2 aromatic rings. The number of aromatic nitrogens is 3. The van der Waals surface area contributed by atoms with Gasteiger partial charge in [0.25, 0.3) is 0 Å². The van der Waals surface area contributed by atoms with Crippen molar-refractivity contribution < 1.29 is 4.74 Å². The number of hydrogen-bond donors (Lipinski definition) is 1. The standard InChI is InChI=1S/C15H22N4O/c1-4-7-19-15(17-10-18-19)9-20-14-6-5-13(12(3)16)8-11(14)2/h5-6,8,10,12H,4,7,9,16H2,1-3H3/t12-/m1/s1. The Bertz CT molecular complexity index is 563. The molecule has 0 saturated heterocycles. The first kappa shape index (κ1) is 14.5. The second-order valence-electron chi connectivity index (χ2n) is 5.00. The first-order valence-corrected chi connectivity index (χ1v) is 6.97. The Balaban J connectivity index is 2.05. The molecule has 1 heterocycles. The molecule has 0 unspecified atom stereocenters. The summed E-state index contributed by atoms with van der Waals surface area (Å²) in [5, 5.41) is 4.19. The highest BCUT2D eigenvalue weighted by molar-refractivity contribution is 5.37. The molecular weight excluding hydrogens is 252 g/mol. The van der Waals surface area contributed by atoms with Crippen LogP contribution in [0.3, 0.4) is 0 Å². The lowest BCUT2D eigenvalue weighted by molar-refractivity contribution is 0.284. The molecule has 0 aliphatic rings. The normalized spacial score (nSPS) is 12.4. The van der Waals surface area contributed by atoms with Gasteiger partial charge in [0.15, 0.2) is 5.82 Å². The largest absolute Gasteiger partial charge is 0.485 e. The summed E-state index contributed by atoms with van der Waals surface area (Å²) in [7, 11) is 0. The summed E-state index contributed by atoms with van der Waals surface area (Å²) in [4.78, 5) is 4.23. The molecule has 108 valence electrons. The van der Waals surface area contributed by atoms with Crippen LogP contribution in [-0.4, -0.2) is 14.8 Å². The van der Waals surface area contributed by atoms with E-state index in [1.54, 1.807) is 6.33 Å². The van der Waals surface area contributed by atoms with Crippen LogP contribution in [0.2, 0.25) is 0 Å². The summed E-state index contributed by atoms with van der Waals surface area (Å²) in [6, 6.07) is 6.07. The van der Waals surface area contributed by atoms with Crippen molar-refractivity contribution >= 4 is 0 Å². The molecule has 2 N–H and O–H groups in total. The lowest BCUT2D eigenvalue weighted by Crippen LogP contribution is -2.09. The van der Waals surface area contributed by atoms with Crippen molar-refractivity contribution in [2.24, 2.45) is 5.73 Å². The van der Waals surface area contributed by atoms with Crippen molar-refractivity contribution in [1.82, 2.24) is 14.8 Å². The summed E-state index contributed by atoms with van der Waals surface area (Å²) >= 11 is 0. The minimum Gasteiger partial charge on any atom is -0.485 e. The minimum absolute atomic E-state index is 0.0374. The Morgan fingerprint density at radius 3 is 2.85 bits per heavy atom. The second-order valence-corrected chi connectivity index (χ2v) is 5.00. The van der Waals surface area contributed by atoms with Gasteiger partial charge >= 0.3 is 0 Å². The zero-order chi connectivity index (χ0) is 14.5. The Morgan fingerprint density at radius 2 is 2.20 bits per heavy atom. The maximum Gasteiger partial charge on any atom is 0.164 e. The molecule has 0 spiro atoms. The van der Waals surface area contributed by atoms with Gasteiger partial charge in [0.05, 0.1) is 0 Å². The number of nitrogens with zero attached hydrogens (tertiary/aromatic N) is 3. The molecule has 0 saturated carbocycles. The Morgan fingerprint density at radius 1 is 1.40 bits per heavy atom. The topological polar surface area (TPSA) is 66.0 Å². The third kappa shape index (κ3) is 3.36. The molecule has 0 amide bonds. The van der Waals surface area contributed by atoms with Crippen molar-refractivity contribution in [3.05, 3.63) is 41.5 Å². The van der Waals surface area contributed by atoms with Gasteiger partial charge in [-0.2, -0.15) is 5.10 Å². The first-order chi connectivity index (χ1) is 9.61. The summed E-state index contributed by atoms with van der Waals surface area (Å²) in [6.07, 6.45) is 2.60. The molecule has 1 atom stereocenters. The van der Waals surface area contributed by atoms with Crippen molar-refractivity contribution in [2.75, 3.05) is 0 Å². The van der Waals surface area contributed by atoms with E-state index in [9.17, 15) is 0 Å². The van der Waals surface area contributed by atoms with Crippen LogP contribution in [0.15, 0.2) is 24.5 Å². The van der Waals surface area contributed by atoms with Crippen LogP contribution in [0.4, 0.5) is 0 Å². The second kappa shape index (κ2) is 6.52. The average Bonchev–Trinajstić information content (AvgIpc) is 2.85. The number of aryl methyl sites for hydroxylation is 2. The van der Waals surface area contributed by atoms with E-state index in [1.165, 1.54) is 0 Å². The Kier molecular flexibility index (Phi) is 4.74. The fourth-order valence-corrected chi connectivity index (χ4v) is 2.06. The molecule has 1 aromatic carbocycles. The van der Waals surface area contributed by atoms with E-state index in [-0.39, 0.29) is 6.04 Å². The smallest absolute Gasteiger partial charge is 0.164 e. The molecule has 2 rings (SSSR count). The number of benzene rings is 1. The monoisotopic (exact) mass is 274 g/mol.